The van der Waals surface area contributed by atoms with Crippen LogP contribution in [0.3, 0.4) is 0 Å². The lowest BCUT2D eigenvalue weighted by Crippen LogP contribution is -2.08. The number of nitrogens with zero attached hydrogens (tertiary/aromatic N) is 3. The fourth-order valence-corrected chi connectivity index (χ4v) is 3.02. The van der Waals surface area contributed by atoms with Crippen LogP contribution in [0, 0.1) is 6.92 Å². The van der Waals surface area contributed by atoms with E-state index < -0.39 is 5.97 Å². The lowest BCUT2D eigenvalue weighted by Gasteiger charge is -2.07. The molecule has 2 aromatic heterocycles. The summed E-state index contributed by atoms with van der Waals surface area (Å²) < 4.78 is 7.06. The lowest BCUT2D eigenvalue weighted by molar-refractivity contribution is 0.0472. The molecule has 0 amide bonds. The Morgan fingerprint density at radius 2 is 2.04 bits per heavy atom. The number of pyridine rings is 1. The first-order valence-corrected chi connectivity index (χ1v) is 9.19. The van der Waals surface area contributed by atoms with Crippen LogP contribution in [0.15, 0.2) is 48.7 Å². The Hall–Kier alpha value is -2.86. The van der Waals surface area contributed by atoms with Gasteiger partial charge < -0.3 is 10.1 Å². The summed E-state index contributed by atoms with van der Waals surface area (Å²) in [7, 11) is 0. The second kappa shape index (κ2) is 7.40. The highest BCUT2D eigenvalue weighted by Crippen LogP contribution is 2.25. The van der Waals surface area contributed by atoms with E-state index in [2.05, 4.69) is 15.4 Å². The highest BCUT2D eigenvalue weighted by molar-refractivity contribution is 6.30. The van der Waals surface area contributed by atoms with E-state index >= 15 is 0 Å². The minimum atomic E-state index is -0.441. The van der Waals surface area contributed by atoms with Gasteiger partial charge in [0, 0.05) is 17.8 Å². The van der Waals surface area contributed by atoms with Crippen LogP contribution in [-0.4, -0.2) is 26.8 Å². The molecule has 1 aromatic carbocycles. The maximum Gasteiger partial charge on any atom is 0.340 e. The number of rotatable bonds is 6. The van der Waals surface area contributed by atoms with Crippen molar-refractivity contribution in [3.05, 3.63) is 70.6 Å². The molecule has 6 nitrogen and oxygen atoms in total. The van der Waals surface area contributed by atoms with Gasteiger partial charge in [-0.1, -0.05) is 29.8 Å². The van der Waals surface area contributed by atoms with Gasteiger partial charge in [0.2, 0.25) is 0 Å². The number of aromatic nitrogens is 3. The van der Waals surface area contributed by atoms with Crippen molar-refractivity contribution in [2.75, 3.05) is 5.32 Å². The minimum absolute atomic E-state index is 0.0540. The first-order chi connectivity index (χ1) is 13.1. The van der Waals surface area contributed by atoms with E-state index in [1.54, 1.807) is 16.8 Å². The van der Waals surface area contributed by atoms with Crippen molar-refractivity contribution in [3.8, 4) is 5.69 Å². The molecule has 1 fully saturated rings. The van der Waals surface area contributed by atoms with Crippen molar-refractivity contribution in [2.45, 2.75) is 32.4 Å². The normalized spacial score (nSPS) is 13.4. The minimum Gasteiger partial charge on any atom is -0.457 e. The summed E-state index contributed by atoms with van der Waals surface area (Å²) in [6.07, 6.45) is 3.86. The number of aryl methyl sites for hydroxylation is 1. The maximum absolute atomic E-state index is 12.3. The number of carbonyl (C=O) groups excluding carboxylic acids is 1. The third kappa shape index (κ3) is 3.95. The number of hydrogen-bond donors (Lipinski definition) is 1. The van der Waals surface area contributed by atoms with Crippen LogP contribution in [0.5, 0.6) is 0 Å². The molecule has 138 valence electrons. The quantitative estimate of drug-likeness (QED) is 0.648. The van der Waals surface area contributed by atoms with Crippen molar-refractivity contribution in [1.82, 2.24) is 14.8 Å². The summed E-state index contributed by atoms with van der Waals surface area (Å²) in [5, 5.41) is 8.17. The number of para-hydroxylation sites is 1. The number of halogens is 1. The molecule has 0 atom stereocenters. The fraction of sp³-hybridized carbons (Fsp3) is 0.250. The van der Waals surface area contributed by atoms with Crippen LogP contribution in [0.25, 0.3) is 5.69 Å². The number of hydrogen-bond acceptors (Lipinski definition) is 5. The van der Waals surface area contributed by atoms with Crippen molar-refractivity contribution >= 4 is 23.4 Å². The monoisotopic (exact) mass is 382 g/mol. The Morgan fingerprint density at radius 1 is 1.26 bits per heavy atom. The molecule has 0 saturated heterocycles. The molecule has 3 aromatic rings. The zero-order chi connectivity index (χ0) is 18.8. The molecule has 1 aliphatic carbocycles. The third-order valence-electron chi connectivity index (χ3n) is 4.40. The van der Waals surface area contributed by atoms with Gasteiger partial charge in [-0.25, -0.2) is 14.5 Å². The van der Waals surface area contributed by atoms with Crippen LogP contribution in [0.4, 0.5) is 5.82 Å². The van der Waals surface area contributed by atoms with Gasteiger partial charge in [0.15, 0.2) is 0 Å². The van der Waals surface area contributed by atoms with Gasteiger partial charge in [0.1, 0.15) is 17.6 Å². The molecule has 0 aliphatic heterocycles. The summed E-state index contributed by atoms with van der Waals surface area (Å²) in [6, 6.07) is 13.6. The predicted octanol–water partition coefficient (Wildman–Crippen LogP) is 4.16. The molecule has 0 bridgehead atoms. The number of carbonyl (C=O) groups is 1. The summed E-state index contributed by atoms with van der Waals surface area (Å²) >= 11 is 6.46. The average molecular weight is 383 g/mol. The Kier molecular flexibility index (Phi) is 4.81. The molecule has 0 spiro atoms. The van der Waals surface area contributed by atoms with Crippen LogP contribution in [-0.2, 0) is 11.3 Å². The summed E-state index contributed by atoms with van der Waals surface area (Å²) in [6.45, 7) is 1.90. The summed E-state index contributed by atoms with van der Waals surface area (Å²) in [5.74, 6) is 0.334. The van der Waals surface area contributed by atoms with E-state index in [0.717, 1.165) is 17.2 Å². The Morgan fingerprint density at radius 3 is 2.70 bits per heavy atom. The van der Waals surface area contributed by atoms with E-state index in [1.165, 1.54) is 19.0 Å². The number of ether oxygens (including phenoxy) is 1. The van der Waals surface area contributed by atoms with E-state index in [-0.39, 0.29) is 6.61 Å². The first kappa shape index (κ1) is 17.5. The number of nitrogens with one attached hydrogen (secondary N) is 1. The standard InChI is InChI=1S/C20H19ClN4O2/c1-13-17(19(21)25(24-13)16-5-3-2-4-6-16)12-27-20(26)14-7-10-18(22-11-14)23-15-8-9-15/h2-7,10-11,15H,8-9,12H2,1H3,(H,22,23). The molecule has 0 unspecified atom stereocenters. The van der Waals surface area contributed by atoms with Crippen molar-refractivity contribution in [2.24, 2.45) is 0 Å². The molecular weight excluding hydrogens is 364 g/mol. The Labute approximate surface area is 162 Å². The van der Waals surface area contributed by atoms with E-state index in [1.807, 2.05) is 37.3 Å². The fourth-order valence-electron chi connectivity index (χ4n) is 2.69. The van der Waals surface area contributed by atoms with Gasteiger partial charge in [0.25, 0.3) is 0 Å². The molecule has 1 saturated carbocycles. The highest BCUT2D eigenvalue weighted by atomic mass is 35.5. The van der Waals surface area contributed by atoms with Crippen molar-refractivity contribution in [3.63, 3.8) is 0 Å². The van der Waals surface area contributed by atoms with Gasteiger partial charge in [-0.15, -0.1) is 0 Å². The van der Waals surface area contributed by atoms with Crippen molar-refractivity contribution in [1.29, 1.82) is 0 Å². The second-order valence-corrected chi connectivity index (χ2v) is 6.89. The smallest absolute Gasteiger partial charge is 0.340 e. The van der Waals surface area contributed by atoms with Gasteiger partial charge in [-0.2, -0.15) is 5.10 Å². The molecule has 1 N–H and O–H groups in total. The van der Waals surface area contributed by atoms with Gasteiger partial charge >= 0.3 is 5.97 Å². The Balaban J connectivity index is 1.43. The molecule has 4 rings (SSSR count). The van der Waals surface area contributed by atoms with Crippen molar-refractivity contribution < 1.29 is 9.53 Å². The van der Waals surface area contributed by atoms with E-state index in [4.69, 9.17) is 16.3 Å². The van der Waals surface area contributed by atoms with Gasteiger partial charge in [-0.05, 0) is 44.0 Å². The predicted molar refractivity (Wildman–Crippen MR) is 103 cm³/mol. The van der Waals surface area contributed by atoms with E-state index in [9.17, 15) is 4.79 Å². The maximum atomic E-state index is 12.3. The molecule has 27 heavy (non-hydrogen) atoms. The van der Waals surface area contributed by atoms with Crippen LogP contribution in [0.2, 0.25) is 5.15 Å². The highest BCUT2D eigenvalue weighted by Gasteiger charge is 2.21. The number of anilines is 1. The van der Waals surface area contributed by atoms with Gasteiger partial charge in [0.05, 0.1) is 16.9 Å². The first-order valence-electron chi connectivity index (χ1n) is 8.81. The second-order valence-electron chi connectivity index (χ2n) is 6.53. The Bertz CT molecular complexity index is 950. The van der Waals surface area contributed by atoms with Crippen LogP contribution in [0.1, 0.15) is 34.5 Å². The van der Waals surface area contributed by atoms with Gasteiger partial charge in [-0.3, -0.25) is 0 Å². The molecule has 2 heterocycles. The van der Waals surface area contributed by atoms with Crippen LogP contribution < -0.4 is 5.32 Å². The topological polar surface area (TPSA) is 69.0 Å². The summed E-state index contributed by atoms with van der Waals surface area (Å²) in [5.41, 5.74) is 2.67. The third-order valence-corrected chi connectivity index (χ3v) is 4.79. The van der Waals surface area contributed by atoms with E-state index in [0.29, 0.717) is 22.3 Å². The molecule has 1 aliphatic rings. The zero-order valence-electron chi connectivity index (χ0n) is 14.9. The molecular formula is C20H19ClN4O2. The average Bonchev–Trinajstić information content (AvgIpc) is 3.46. The molecule has 7 heteroatoms. The summed E-state index contributed by atoms with van der Waals surface area (Å²) in [4.78, 5) is 16.6. The molecule has 0 radical (unpaired) electrons. The SMILES string of the molecule is Cc1nn(-c2ccccc2)c(Cl)c1COC(=O)c1ccc(NC2CC2)nc1. The number of esters is 1. The zero-order valence-corrected chi connectivity index (χ0v) is 15.6. The largest absolute Gasteiger partial charge is 0.457 e. The van der Waals surface area contributed by atoms with Crippen LogP contribution >= 0.6 is 11.6 Å². The lowest BCUT2D eigenvalue weighted by atomic mass is 10.2. The number of benzene rings is 1.